The van der Waals surface area contributed by atoms with Crippen LogP contribution in [0.15, 0.2) is 46.9 Å². The second-order valence-electron chi connectivity index (χ2n) is 3.17. The summed E-state index contributed by atoms with van der Waals surface area (Å²) in [7, 11) is 0. The average molecular weight is 267 g/mol. The van der Waals surface area contributed by atoms with Crippen LogP contribution in [0.3, 0.4) is 0 Å². The van der Waals surface area contributed by atoms with Gasteiger partial charge in [-0.3, -0.25) is 0 Å². The average Bonchev–Trinajstić information content (AvgIpc) is 2.23. The first-order valence-corrected chi connectivity index (χ1v) is 5.20. The van der Waals surface area contributed by atoms with Crippen molar-refractivity contribution in [1.29, 1.82) is 0 Å². The van der Waals surface area contributed by atoms with E-state index >= 15 is 0 Å². The lowest BCUT2D eigenvalue weighted by Gasteiger charge is -2.04. The summed E-state index contributed by atoms with van der Waals surface area (Å²) in [6.45, 7) is 0. The highest BCUT2D eigenvalue weighted by Gasteiger charge is 2.05. The number of hydrogen-bond acceptors (Lipinski definition) is 1. The zero-order chi connectivity index (χ0) is 10.8. The number of phenols is 1. The molecule has 0 aliphatic carbocycles. The quantitative estimate of drug-likeness (QED) is 0.829. The maximum atomic E-state index is 13.5. The lowest BCUT2D eigenvalue weighted by atomic mass is 10.1. The van der Waals surface area contributed by atoms with Gasteiger partial charge in [-0.15, -0.1) is 0 Å². The molecule has 0 aromatic heterocycles. The third kappa shape index (κ3) is 2.18. The smallest absolute Gasteiger partial charge is 0.131 e. The predicted octanol–water partition coefficient (Wildman–Crippen LogP) is 3.96. The van der Waals surface area contributed by atoms with Gasteiger partial charge in [0.05, 0.1) is 0 Å². The first-order chi connectivity index (χ1) is 7.16. The molecule has 0 radical (unpaired) electrons. The van der Waals surface area contributed by atoms with Crippen LogP contribution in [0.4, 0.5) is 4.39 Å². The first kappa shape index (κ1) is 10.2. The van der Waals surface area contributed by atoms with Crippen molar-refractivity contribution in [1.82, 2.24) is 0 Å². The lowest BCUT2D eigenvalue weighted by molar-refractivity contribution is 0.475. The molecule has 0 amide bonds. The summed E-state index contributed by atoms with van der Waals surface area (Å²) < 4.78 is 14.3. The molecule has 0 bridgehead atoms. The van der Waals surface area contributed by atoms with Crippen LogP contribution in [0.1, 0.15) is 0 Å². The van der Waals surface area contributed by atoms with Crippen molar-refractivity contribution in [3.05, 3.63) is 52.8 Å². The van der Waals surface area contributed by atoms with Gasteiger partial charge in [0, 0.05) is 10.0 Å². The van der Waals surface area contributed by atoms with Crippen LogP contribution in [-0.2, 0) is 0 Å². The van der Waals surface area contributed by atoms with Gasteiger partial charge in [0.15, 0.2) is 0 Å². The van der Waals surface area contributed by atoms with Gasteiger partial charge in [0.25, 0.3) is 0 Å². The Morgan fingerprint density at radius 3 is 2.33 bits per heavy atom. The summed E-state index contributed by atoms with van der Waals surface area (Å²) in [5, 5.41) is 9.12. The van der Waals surface area contributed by atoms with Crippen LogP contribution in [0.2, 0.25) is 0 Å². The molecule has 0 aliphatic rings. The molecule has 0 atom stereocenters. The maximum absolute atomic E-state index is 13.5. The molecule has 0 heterocycles. The van der Waals surface area contributed by atoms with E-state index in [0.29, 0.717) is 5.56 Å². The number of halogens is 2. The number of phenolic OH excluding ortho intramolecular Hbond substituents is 1. The molecule has 3 heteroatoms. The molecule has 0 aliphatic heterocycles. The summed E-state index contributed by atoms with van der Waals surface area (Å²) in [6.07, 6.45) is 0. The largest absolute Gasteiger partial charge is 0.508 e. The van der Waals surface area contributed by atoms with Gasteiger partial charge < -0.3 is 5.11 Å². The van der Waals surface area contributed by atoms with Crippen LogP contribution in [-0.4, -0.2) is 5.11 Å². The Morgan fingerprint density at radius 2 is 1.67 bits per heavy atom. The Labute approximate surface area is 95.3 Å². The van der Waals surface area contributed by atoms with E-state index in [2.05, 4.69) is 15.9 Å². The molecule has 0 spiro atoms. The summed E-state index contributed by atoms with van der Waals surface area (Å²) >= 11 is 3.29. The van der Waals surface area contributed by atoms with Gasteiger partial charge in [-0.2, -0.15) is 0 Å². The van der Waals surface area contributed by atoms with E-state index in [9.17, 15) is 4.39 Å². The molecule has 76 valence electrons. The molecule has 2 aromatic rings. The third-order valence-corrected chi connectivity index (χ3v) is 2.60. The monoisotopic (exact) mass is 266 g/mol. The molecular formula is C12H8BrFO. The van der Waals surface area contributed by atoms with Crippen LogP contribution >= 0.6 is 15.9 Å². The number of hydrogen-bond donors (Lipinski definition) is 1. The van der Waals surface area contributed by atoms with E-state index in [0.717, 1.165) is 10.0 Å². The Balaban J connectivity index is 2.53. The molecule has 0 unspecified atom stereocenters. The van der Waals surface area contributed by atoms with E-state index in [1.54, 1.807) is 24.3 Å². The van der Waals surface area contributed by atoms with Crippen molar-refractivity contribution in [2.75, 3.05) is 0 Å². The zero-order valence-electron chi connectivity index (χ0n) is 7.74. The number of aromatic hydroxyl groups is 1. The maximum Gasteiger partial charge on any atom is 0.131 e. The molecule has 2 rings (SSSR count). The van der Waals surface area contributed by atoms with Gasteiger partial charge in [-0.1, -0.05) is 28.1 Å². The number of rotatable bonds is 1. The van der Waals surface area contributed by atoms with Crippen molar-refractivity contribution < 1.29 is 9.50 Å². The lowest BCUT2D eigenvalue weighted by Crippen LogP contribution is -1.83. The molecule has 1 nitrogen and oxygen atoms in total. The van der Waals surface area contributed by atoms with Crippen LogP contribution < -0.4 is 0 Å². The van der Waals surface area contributed by atoms with Crippen molar-refractivity contribution in [2.24, 2.45) is 0 Å². The van der Waals surface area contributed by atoms with E-state index < -0.39 is 0 Å². The zero-order valence-corrected chi connectivity index (χ0v) is 9.33. The minimum atomic E-state index is -0.274. The Kier molecular flexibility index (Phi) is 2.73. The molecule has 1 N–H and O–H groups in total. The summed E-state index contributed by atoms with van der Waals surface area (Å²) in [4.78, 5) is 0. The standard InChI is InChI=1S/C12H8BrFO/c13-9-3-6-12(14)11(7-9)8-1-4-10(15)5-2-8/h1-7,15H. The highest BCUT2D eigenvalue weighted by atomic mass is 79.9. The van der Waals surface area contributed by atoms with Crippen molar-refractivity contribution in [3.63, 3.8) is 0 Å². The van der Waals surface area contributed by atoms with Crippen molar-refractivity contribution in [3.8, 4) is 16.9 Å². The topological polar surface area (TPSA) is 20.2 Å². The Morgan fingerprint density at radius 1 is 1.00 bits per heavy atom. The molecule has 0 saturated heterocycles. The van der Waals surface area contributed by atoms with Gasteiger partial charge in [-0.25, -0.2) is 4.39 Å². The molecule has 0 saturated carbocycles. The van der Waals surface area contributed by atoms with E-state index in [4.69, 9.17) is 5.11 Å². The normalized spacial score (nSPS) is 10.3. The fraction of sp³-hybridized carbons (Fsp3) is 0. The van der Waals surface area contributed by atoms with E-state index in [1.807, 2.05) is 0 Å². The summed E-state index contributed by atoms with van der Waals surface area (Å²) in [6, 6.07) is 11.2. The van der Waals surface area contributed by atoms with Gasteiger partial charge >= 0.3 is 0 Å². The Bertz CT molecular complexity index is 479. The minimum Gasteiger partial charge on any atom is -0.508 e. The van der Waals surface area contributed by atoms with Crippen LogP contribution in [0.25, 0.3) is 11.1 Å². The Hall–Kier alpha value is -1.35. The third-order valence-electron chi connectivity index (χ3n) is 2.11. The van der Waals surface area contributed by atoms with Crippen molar-refractivity contribution >= 4 is 15.9 Å². The molecule has 2 aromatic carbocycles. The SMILES string of the molecule is Oc1ccc(-c2cc(Br)ccc2F)cc1. The second-order valence-corrected chi connectivity index (χ2v) is 4.09. The highest BCUT2D eigenvalue weighted by molar-refractivity contribution is 9.10. The summed E-state index contributed by atoms with van der Waals surface area (Å²) in [5.41, 5.74) is 1.26. The van der Waals surface area contributed by atoms with Crippen molar-refractivity contribution in [2.45, 2.75) is 0 Å². The van der Waals surface area contributed by atoms with Gasteiger partial charge in [-0.05, 0) is 35.9 Å². The fourth-order valence-corrected chi connectivity index (χ4v) is 1.72. The molecule has 15 heavy (non-hydrogen) atoms. The highest BCUT2D eigenvalue weighted by Crippen LogP contribution is 2.27. The van der Waals surface area contributed by atoms with Crippen LogP contribution in [0.5, 0.6) is 5.75 Å². The predicted molar refractivity (Wildman–Crippen MR) is 61.2 cm³/mol. The summed E-state index contributed by atoms with van der Waals surface area (Å²) in [5.74, 6) is -0.0990. The second kappa shape index (κ2) is 4.03. The van der Waals surface area contributed by atoms with E-state index in [1.165, 1.54) is 18.2 Å². The molecular weight excluding hydrogens is 259 g/mol. The first-order valence-electron chi connectivity index (χ1n) is 4.41. The molecule has 0 fully saturated rings. The van der Waals surface area contributed by atoms with E-state index in [-0.39, 0.29) is 11.6 Å². The minimum absolute atomic E-state index is 0.175. The fourth-order valence-electron chi connectivity index (χ4n) is 1.36. The van der Waals surface area contributed by atoms with Crippen LogP contribution in [0, 0.1) is 5.82 Å². The van der Waals surface area contributed by atoms with Gasteiger partial charge in [0.2, 0.25) is 0 Å². The number of benzene rings is 2. The van der Waals surface area contributed by atoms with Gasteiger partial charge in [0.1, 0.15) is 11.6 Å².